The maximum atomic E-state index is 14.0. The number of nitrogens with zero attached hydrogens (tertiary/aromatic N) is 4. The second-order valence-electron chi connectivity index (χ2n) is 11.3. The molecule has 12 heteroatoms. The second-order valence-corrected chi connectivity index (χ2v) is 11.3. The second kappa shape index (κ2) is 13.9. The van der Waals surface area contributed by atoms with Crippen LogP contribution < -0.4 is 11.0 Å². The summed E-state index contributed by atoms with van der Waals surface area (Å²) in [6.07, 6.45) is 1.23. The number of Topliss-reactive ketones (excluding diaryl/α,β-unsaturated/α-hetero) is 1. The van der Waals surface area contributed by atoms with Crippen molar-refractivity contribution in [3.63, 3.8) is 0 Å². The van der Waals surface area contributed by atoms with Gasteiger partial charge in [0.05, 0.1) is 0 Å². The third-order valence-corrected chi connectivity index (χ3v) is 7.61. The predicted octanol–water partition coefficient (Wildman–Crippen LogP) is 3.52. The molecule has 3 heterocycles. The lowest BCUT2D eigenvalue weighted by atomic mass is 10.0. The summed E-state index contributed by atoms with van der Waals surface area (Å²) in [6, 6.07) is 0. The van der Waals surface area contributed by atoms with Crippen molar-refractivity contribution in [2.45, 2.75) is 91.3 Å². The molecule has 2 saturated heterocycles. The van der Waals surface area contributed by atoms with Crippen LogP contribution in [0.1, 0.15) is 71.1 Å². The minimum atomic E-state index is -0.973. The highest BCUT2D eigenvalue weighted by atomic mass is 16.8. The number of hydrogen-bond acceptors (Lipinski definition) is 9. The minimum Gasteiger partial charge on any atom is -0.447 e. The number of amides is 1. The number of nitrogens with one attached hydrogen (secondary N) is 1. The number of ketones is 1. The van der Waals surface area contributed by atoms with E-state index in [0.29, 0.717) is 19.5 Å². The van der Waals surface area contributed by atoms with Gasteiger partial charge in [0.25, 0.3) is 0 Å². The topological polar surface area (TPSA) is 126 Å². The molecular weight excluding hydrogens is 530 g/mol. The van der Waals surface area contributed by atoms with Crippen molar-refractivity contribution in [1.29, 1.82) is 0 Å². The molecule has 0 aromatic carbocycles. The van der Waals surface area contributed by atoms with Gasteiger partial charge in [-0.25, -0.2) is 19.1 Å². The molecule has 0 radical (unpaired) electrons. The zero-order valence-corrected chi connectivity index (χ0v) is 25.7. The minimum absolute atomic E-state index is 0.105. The van der Waals surface area contributed by atoms with Crippen LogP contribution in [0.2, 0.25) is 0 Å². The van der Waals surface area contributed by atoms with Gasteiger partial charge in [-0.15, -0.1) is 6.58 Å². The summed E-state index contributed by atoms with van der Waals surface area (Å²) in [5, 5.41) is 2.99. The van der Waals surface area contributed by atoms with E-state index in [0.717, 1.165) is 6.42 Å². The van der Waals surface area contributed by atoms with Crippen molar-refractivity contribution in [2.24, 2.45) is 16.8 Å². The van der Waals surface area contributed by atoms with Crippen molar-refractivity contribution >= 4 is 23.9 Å². The van der Waals surface area contributed by atoms with Gasteiger partial charge in [0.15, 0.2) is 23.6 Å². The molecule has 1 N–H and O–H groups in total. The van der Waals surface area contributed by atoms with Gasteiger partial charge >= 0.3 is 11.8 Å². The summed E-state index contributed by atoms with van der Waals surface area (Å²) in [4.78, 5) is 46.4. The van der Waals surface area contributed by atoms with Crippen LogP contribution in [-0.4, -0.2) is 90.0 Å². The Hall–Kier alpha value is -2.80. The normalized spacial score (nSPS) is 24.8. The quantitative estimate of drug-likeness (QED) is 0.202. The maximum Gasteiger partial charge on any atom is 0.409 e. The van der Waals surface area contributed by atoms with Crippen LogP contribution in [0, 0.1) is 11.8 Å². The van der Waals surface area contributed by atoms with Crippen molar-refractivity contribution < 1.29 is 28.5 Å². The monoisotopic (exact) mass is 577 g/mol. The van der Waals surface area contributed by atoms with E-state index >= 15 is 0 Å². The number of carbonyl (C=O) groups excluding carboxylic acids is 2. The highest BCUT2D eigenvalue weighted by Crippen LogP contribution is 2.44. The molecule has 1 aromatic rings. The number of hydrogen-bond donors (Lipinski definition) is 1. The van der Waals surface area contributed by atoms with Crippen LogP contribution in [0.15, 0.2) is 22.4 Å². The fourth-order valence-electron chi connectivity index (χ4n) is 4.80. The third-order valence-electron chi connectivity index (χ3n) is 7.61. The molecule has 12 nitrogen and oxygen atoms in total. The van der Waals surface area contributed by atoms with Gasteiger partial charge in [-0.3, -0.25) is 9.36 Å². The Kier molecular flexibility index (Phi) is 11.1. The number of aromatic nitrogens is 2. The van der Waals surface area contributed by atoms with Crippen molar-refractivity contribution in [1.82, 2.24) is 19.4 Å². The molecule has 1 amide bonds. The predicted molar refractivity (Wildman–Crippen MR) is 156 cm³/mol. The fraction of sp³-hybridized carbons (Fsp3) is 0.724. The molecule has 0 bridgehead atoms. The Balaban J connectivity index is 2.08. The summed E-state index contributed by atoms with van der Waals surface area (Å²) in [5.74, 6) is -1.15. The lowest BCUT2D eigenvalue weighted by molar-refractivity contribution is -0.200. The molecule has 3 rings (SSSR count). The average molecular weight is 578 g/mol. The van der Waals surface area contributed by atoms with Gasteiger partial charge in [0.2, 0.25) is 0 Å². The lowest BCUT2D eigenvalue weighted by Gasteiger charge is -2.25. The van der Waals surface area contributed by atoms with Gasteiger partial charge in [-0.2, -0.15) is 0 Å². The van der Waals surface area contributed by atoms with Crippen LogP contribution in [0.5, 0.6) is 0 Å². The molecule has 0 saturated carbocycles. The van der Waals surface area contributed by atoms with E-state index in [1.54, 1.807) is 40.2 Å². The van der Waals surface area contributed by atoms with Crippen molar-refractivity contribution in [2.75, 3.05) is 33.8 Å². The van der Waals surface area contributed by atoms with E-state index in [1.807, 2.05) is 27.7 Å². The van der Waals surface area contributed by atoms with Crippen LogP contribution in [0.3, 0.4) is 0 Å². The Bertz CT molecular complexity index is 1170. The molecule has 1 aromatic heterocycles. The molecule has 6 unspecified atom stereocenters. The average Bonchev–Trinajstić information content (AvgIpc) is 3.53. The van der Waals surface area contributed by atoms with E-state index in [2.05, 4.69) is 11.9 Å². The Morgan fingerprint density at radius 1 is 1.22 bits per heavy atom. The number of carbonyl (C=O) groups is 2. The summed E-state index contributed by atoms with van der Waals surface area (Å²) in [7, 11) is 3.46. The molecule has 0 aliphatic carbocycles. The van der Waals surface area contributed by atoms with Gasteiger partial charge in [-0.1, -0.05) is 33.8 Å². The first kappa shape index (κ1) is 32.7. The highest BCUT2D eigenvalue weighted by Gasteiger charge is 2.57. The number of rotatable bonds is 14. The van der Waals surface area contributed by atoms with Crippen LogP contribution in [-0.2, 0) is 25.5 Å². The number of aliphatic imine (C=N–C) groups is 1. The fourth-order valence-corrected chi connectivity index (χ4v) is 4.80. The summed E-state index contributed by atoms with van der Waals surface area (Å²) < 4.78 is 27.1. The molecule has 2 fully saturated rings. The first-order chi connectivity index (χ1) is 19.4. The van der Waals surface area contributed by atoms with Gasteiger partial charge in [0.1, 0.15) is 30.6 Å². The lowest BCUT2D eigenvalue weighted by Crippen LogP contribution is -2.37. The van der Waals surface area contributed by atoms with E-state index in [1.165, 1.54) is 14.0 Å². The van der Waals surface area contributed by atoms with Gasteiger partial charge in [0, 0.05) is 38.8 Å². The van der Waals surface area contributed by atoms with Crippen molar-refractivity contribution in [3.8, 4) is 0 Å². The molecule has 2 aliphatic heterocycles. The van der Waals surface area contributed by atoms with Gasteiger partial charge < -0.3 is 29.2 Å². The van der Waals surface area contributed by atoms with Crippen LogP contribution in [0.25, 0.3) is 0 Å². The van der Waals surface area contributed by atoms with E-state index in [4.69, 9.17) is 23.9 Å². The van der Waals surface area contributed by atoms with Crippen molar-refractivity contribution in [3.05, 3.63) is 28.8 Å². The first-order valence-corrected chi connectivity index (χ1v) is 14.5. The SMILES string of the molecule is C=CCn1c(C(=O)C(C)CC)c(N=CC(C)CC)n(C2OC(COC(=O)N(C)CCNC)C3OC(C)(C)OC32)c1=O. The van der Waals surface area contributed by atoms with Crippen LogP contribution >= 0.6 is 0 Å². The highest BCUT2D eigenvalue weighted by molar-refractivity contribution is 6.00. The molecular formula is C29H47N5O7. The molecule has 0 spiro atoms. The van der Waals surface area contributed by atoms with Gasteiger partial charge in [-0.05, 0) is 39.7 Å². The number of imidazole rings is 1. The van der Waals surface area contributed by atoms with E-state index in [9.17, 15) is 14.4 Å². The van der Waals surface area contributed by atoms with E-state index in [-0.39, 0.29) is 42.3 Å². The summed E-state index contributed by atoms with van der Waals surface area (Å²) in [6.45, 7) is 16.3. The molecule has 230 valence electrons. The first-order valence-electron chi connectivity index (χ1n) is 14.5. The number of ether oxygens (including phenoxy) is 4. The Labute approximate surface area is 242 Å². The van der Waals surface area contributed by atoms with Crippen LogP contribution in [0.4, 0.5) is 10.6 Å². The Morgan fingerprint density at radius 3 is 2.51 bits per heavy atom. The maximum absolute atomic E-state index is 14.0. The summed E-state index contributed by atoms with van der Waals surface area (Å²) >= 11 is 0. The molecule has 6 atom stereocenters. The largest absolute Gasteiger partial charge is 0.447 e. The number of likely N-dealkylation sites (N-methyl/N-ethyl adjacent to an activating group) is 2. The molecule has 2 aliphatic rings. The molecule has 41 heavy (non-hydrogen) atoms. The summed E-state index contributed by atoms with van der Waals surface area (Å²) in [5.41, 5.74) is -0.252. The number of fused-ring (bicyclic) bond motifs is 1. The zero-order chi connectivity index (χ0) is 30.5. The Morgan fingerprint density at radius 2 is 1.90 bits per heavy atom. The standard InChI is InChI=1S/C29H47N5O7/c1-10-14-33-21(22(35)19(5)12-3)25(31-16-18(4)11-2)34(27(33)36)26-24-23(40-29(6,7)41-24)20(39-26)17-38-28(37)32(9)15-13-30-8/h10,16,18-20,23-24,26,30H,1,11-15,17H2,2-9H3. The number of allylic oxidation sites excluding steroid dienone is 1. The van der Waals surface area contributed by atoms with E-state index < -0.39 is 42.1 Å². The zero-order valence-electron chi connectivity index (χ0n) is 25.7. The third kappa shape index (κ3) is 7.17. The smallest absolute Gasteiger partial charge is 0.409 e.